The van der Waals surface area contributed by atoms with Gasteiger partial charge in [-0.25, -0.2) is 0 Å². The fourth-order valence-electron chi connectivity index (χ4n) is 2.11. The highest BCUT2D eigenvalue weighted by molar-refractivity contribution is 5.95. The summed E-state index contributed by atoms with van der Waals surface area (Å²) in [5.41, 5.74) is 2.20. The van der Waals surface area contributed by atoms with E-state index in [1.807, 2.05) is 23.1 Å². The van der Waals surface area contributed by atoms with Gasteiger partial charge in [0, 0.05) is 31.2 Å². The SMILES string of the molecule is C=CCC(=O)N1CC(C)NCc2ccccc21. The first kappa shape index (κ1) is 11.9. The molecule has 0 aromatic heterocycles. The van der Waals surface area contributed by atoms with E-state index in [0.717, 1.165) is 12.2 Å². The van der Waals surface area contributed by atoms with Crippen LogP contribution in [0.1, 0.15) is 18.9 Å². The molecular formula is C14H18N2O. The van der Waals surface area contributed by atoms with Gasteiger partial charge >= 0.3 is 0 Å². The number of amides is 1. The first-order valence-electron chi connectivity index (χ1n) is 5.95. The van der Waals surface area contributed by atoms with Crippen LogP contribution in [-0.4, -0.2) is 18.5 Å². The van der Waals surface area contributed by atoms with Crippen LogP contribution >= 0.6 is 0 Å². The highest BCUT2D eigenvalue weighted by atomic mass is 16.2. The molecule has 0 bridgehead atoms. The summed E-state index contributed by atoms with van der Waals surface area (Å²) in [5.74, 6) is 0.114. The molecule has 0 aliphatic carbocycles. The molecular weight excluding hydrogens is 212 g/mol. The van der Waals surface area contributed by atoms with Crippen molar-refractivity contribution in [2.24, 2.45) is 0 Å². The zero-order chi connectivity index (χ0) is 12.3. The molecule has 1 heterocycles. The molecule has 1 unspecified atom stereocenters. The predicted octanol–water partition coefficient (Wildman–Crippen LogP) is 2.09. The van der Waals surface area contributed by atoms with Gasteiger partial charge in [-0.05, 0) is 18.6 Å². The van der Waals surface area contributed by atoms with E-state index in [-0.39, 0.29) is 5.91 Å². The highest BCUT2D eigenvalue weighted by Gasteiger charge is 2.22. The molecule has 3 heteroatoms. The molecule has 1 aliphatic rings. The van der Waals surface area contributed by atoms with Gasteiger partial charge < -0.3 is 10.2 Å². The van der Waals surface area contributed by atoms with Crippen molar-refractivity contribution < 1.29 is 4.79 Å². The zero-order valence-corrected chi connectivity index (χ0v) is 10.1. The van der Waals surface area contributed by atoms with E-state index in [1.54, 1.807) is 6.08 Å². The third kappa shape index (κ3) is 2.56. The van der Waals surface area contributed by atoms with Crippen LogP contribution in [0, 0.1) is 0 Å². The van der Waals surface area contributed by atoms with Crippen molar-refractivity contribution in [2.75, 3.05) is 11.4 Å². The highest BCUT2D eigenvalue weighted by Crippen LogP contribution is 2.23. The zero-order valence-electron chi connectivity index (χ0n) is 10.1. The summed E-state index contributed by atoms with van der Waals surface area (Å²) in [6.07, 6.45) is 2.05. The number of anilines is 1. The summed E-state index contributed by atoms with van der Waals surface area (Å²) in [6.45, 7) is 7.25. The molecule has 0 radical (unpaired) electrons. The van der Waals surface area contributed by atoms with Gasteiger partial charge in [-0.1, -0.05) is 24.3 Å². The van der Waals surface area contributed by atoms with Crippen LogP contribution in [-0.2, 0) is 11.3 Å². The Labute approximate surface area is 102 Å². The lowest BCUT2D eigenvalue weighted by Gasteiger charge is -2.24. The maximum Gasteiger partial charge on any atom is 0.230 e. The Morgan fingerprint density at radius 1 is 1.59 bits per heavy atom. The lowest BCUT2D eigenvalue weighted by atomic mass is 10.1. The number of carbonyl (C=O) groups excluding carboxylic acids is 1. The van der Waals surface area contributed by atoms with E-state index in [2.05, 4.69) is 24.9 Å². The van der Waals surface area contributed by atoms with Crippen molar-refractivity contribution in [2.45, 2.75) is 25.9 Å². The third-order valence-electron chi connectivity index (χ3n) is 3.00. The molecule has 17 heavy (non-hydrogen) atoms. The summed E-state index contributed by atoms with van der Waals surface area (Å²) in [7, 11) is 0. The van der Waals surface area contributed by atoms with Gasteiger partial charge in [-0.15, -0.1) is 6.58 Å². The largest absolute Gasteiger partial charge is 0.310 e. The second kappa shape index (κ2) is 5.15. The van der Waals surface area contributed by atoms with E-state index in [1.165, 1.54) is 5.56 Å². The normalized spacial score (nSPS) is 19.4. The minimum Gasteiger partial charge on any atom is -0.310 e. The minimum atomic E-state index is 0.114. The van der Waals surface area contributed by atoms with Crippen LogP contribution in [0.5, 0.6) is 0 Å². The monoisotopic (exact) mass is 230 g/mol. The fourth-order valence-corrected chi connectivity index (χ4v) is 2.11. The number of para-hydroxylation sites is 1. The molecule has 1 aliphatic heterocycles. The molecule has 2 rings (SSSR count). The van der Waals surface area contributed by atoms with Crippen LogP contribution in [0.3, 0.4) is 0 Å². The maximum absolute atomic E-state index is 12.1. The van der Waals surface area contributed by atoms with Gasteiger partial charge in [-0.2, -0.15) is 0 Å². The van der Waals surface area contributed by atoms with Crippen molar-refractivity contribution >= 4 is 11.6 Å². The number of nitrogens with one attached hydrogen (secondary N) is 1. The quantitative estimate of drug-likeness (QED) is 0.789. The van der Waals surface area contributed by atoms with E-state index in [4.69, 9.17) is 0 Å². The second-order valence-electron chi connectivity index (χ2n) is 4.41. The van der Waals surface area contributed by atoms with Gasteiger partial charge in [0.2, 0.25) is 5.91 Å². The summed E-state index contributed by atoms with van der Waals surface area (Å²) in [5, 5.41) is 3.41. The van der Waals surface area contributed by atoms with E-state index in [0.29, 0.717) is 19.0 Å². The Kier molecular flexibility index (Phi) is 3.59. The summed E-state index contributed by atoms with van der Waals surface area (Å²) >= 11 is 0. The number of carbonyl (C=O) groups is 1. The van der Waals surface area contributed by atoms with Crippen LogP contribution in [0.15, 0.2) is 36.9 Å². The van der Waals surface area contributed by atoms with Crippen molar-refractivity contribution in [1.29, 1.82) is 0 Å². The van der Waals surface area contributed by atoms with E-state index in [9.17, 15) is 4.79 Å². The molecule has 1 aromatic rings. The molecule has 0 fully saturated rings. The maximum atomic E-state index is 12.1. The average molecular weight is 230 g/mol. The summed E-state index contributed by atoms with van der Waals surface area (Å²) in [4.78, 5) is 13.9. The Bertz CT molecular complexity index is 428. The van der Waals surface area contributed by atoms with Crippen molar-refractivity contribution in [3.8, 4) is 0 Å². The Morgan fingerprint density at radius 2 is 2.35 bits per heavy atom. The Morgan fingerprint density at radius 3 is 3.12 bits per heavy atom. The lowest BCUT2D eigenvalue weighted by molar-refractivity contribution is -0.117. The second-order valence-corrected chi connectivity index (χ2v) is 4.41. The predicted molar refractivity (Wildman–Crippen MR) is 69.9 cm³/mol. The Hall–Kier alpha value is -1.61. The summed E-state index contributed by atoms with van der Waals surface area (Å²) < 4.78 is 0. The van der Waals surface area contributed by atoms with Gasteiger partial charge in [0.05, 0.1) is 0 Å². The average Bonchev–Trinajstić information content (AvgIpc) is 2.50. The number of nitrogens with zero attached hydrogens (tertiary/aromatic N) is 1. The van der Waals surface area contributed by atoms with Crippen LogP contribution in [0.2, 0.25) is 0 Å². The van der Waals surface area contributed by atoms with E-state index >= 15 is 0 Å². The number of benzene rings is 1. The fraction of sp³-hybridized carbons (Fsp3) is 0.357. The molecule has 0 saturated heterocycles. The molecule has 0 spiro atoms. The molecule has 0 saturated carbocycles. The Balaban J connectivity index is 2.35. The molecule has 3 nitrogen and oxygen atoms in total. The number of hydrogen-bond acceptors (Lipinski definition) is 2. The van der Waals surface area contributed by atoms with Crippen molar-refractivity contribution in [3.05, 3.63) is 42.5 Å². The van der Waals surface area contributed by atoms with E-state index < -0.39 is 0 Å². The molecule has 90 valence electrons. The number of fused-ring (bicyclic) bond motifs is 1. The number of hydrogen-bond donors (Lipinski definition) is 1. The van der Waals surface area contributed by atoms with Crippen LogP contribution in [0.4, 0.5) is 5.69 Å². The third-order valence-corrected chi connectivity index (χ3v) is 3.00. The van der Waals surface area contributed by atoms with Crippen molar-refractivity contribution in [1.82, 2.24) is 5.32 Å². The molecule has 1 atom stereocenters. The van der Waals surface area contributed by atoms with Gasteiger partial charge in [0.1, 0.15) is 0 Å². The topological polar surface area (TPSA) is 32.3 Å². The molecule has 1 amide bonds. The number of rotatable bonds is 2. The standard InChI is InChI=1S/C14H18N2O/c1-3-6-14(17)16-10-11(2)15-9-12-7-4-5-8-13(12)16/h3-5,7-8,11,15H,1,6,9-10H2,2H3. The first-order chi connectivity index (χ1) is 8.22. The summed E-state index contributed by atoms with van der Waals surface area (Å²) in [6, 6.07) is 8.36. The minimum absolute atomic E-state index is 0.114. The van der Waals surface area contributed by atoms with Gasteiger partial charge in [0.15, 0.2) is 0 Å². The molecule has 1 N–H and O–H groups in total. The van der Waals surface area contributed by atoms with Crippen LogP contribution in [0.25, 0.3) is 0 Å². The first-order valence-corrected chi connectivity index (χ1v) is 5.95. The molecule has 1 aromatic carbocycles. The lowest BCUT2D eigenvalue weighted by Crippen LogP contribution is -2.39. The van der Waals surface area contributed by atoms with Crippen molar-refractivity contribution in [3.63, 3.8) is 0 Å². The van der Waals surface area contributed by atoms with Gasteiger partial charge in [0.25, 0.3) is 0 Å². The smallest absolute Gasteiger partial charge is 0.230 e. The van der Waals surface area contributed by atoms with Gasteiger partial charge in [-0.3, -0.25) is 4.79 Å². The van der Waals surface area contributed by atoms with Crippen LogP contribution < -0.4 is 10.2 Å².